The van der Waals surface area contributed by atoms with Crippen LogP contribution in [0.3, 0.4) is 0 Å². The van der Waals surface area contributed by atoms with E-state index in [9.17, 15) is 9.59 Å². The molecule has 0 aliphatic carbocycles. The first-order valence-corrected chi connectivity index (χ1v) is 7.61. The van der Waals surface area contributed by atoms with E-state index < -0.39 is 0 Å². The van der Waals surface area contributed by atoms with Gasteiger partial charge in [-0.2, -0.15) is 0 Å². The molecule has 4 nitrogen and oxygen atoms in total. The number of ether oxygens (including phenoxy) is 2. The monoisotopic (exact) mass is 274 g/mol. The topological polar surface area (TPSA) is 52.6 Å². The highest BCUT2D eigenvalue weighted by Gasteiger charge is 2.13. The van der Waals surface area contributed by atoms with Gasteiger partial charge in [-0.25, -0.2) is 0 Å². The van der Waals surface area contributed by atoms with Gasteiger partial charge in [0.1, 0.15) is 5.78 Å². The first kappa shape index (κ1) is 15.7. The van der Waals surface area contributed by atoms with E-state index in [1.807, 2.05) is 0 Å². The second-order valence-corrected chi connectivity index (χ2v) is 5.46. The SMILES string of the molecule is CCC(=O)CC(=O)SCCCOC1CCCCO1. The molecule has 0 spiro atoms. The quantitative estimate of drug-likeness (QED) is 0.503. The summed E-state index contributed by atoms with van der Waals surface area (Å²) < 4.78 is 11.0. The van der Waals surface area contributed by atoms with Crippen LogP contribution >= 0.6 is 11.8 Å². The minimum atomic E-state index is -0.0545. The summed E-state index contributed by atoms with van der Waals surface area (Å²) in [5.41, 5.74) is 0. The lowest BCUT2D eigenvalue weighted by molar-refractivity contribution is -0.162. The molecular weight excluding hydrogens is 252 g/mol. The molecule has 0 N–H and O–H groups in total. The first-order chi connectivity index (χ1) is 8.72. The van der Waals surface area contributed by atoms with Crippen molar-refractivity contribution in [3.8, 4) is 0 Å². The molecule has 0 aromatic rings. The lowest BCUT2D eigenvalue weighted by Gasteiger charge is -2.22. The third kappa shape index (κ3) is 7.13. The largest absolute Gasteiger partial charge is 0.353 e. The van der Waals surface area contributed by atoms with Gasteiger partial charge in [-0.3, -0.25) is 9.59 Å². The summed E-state index contributed by atoms with van der Waals surface area (Å²) in [5, 5.41) is -0.0317. The third-order valence-electron chi connectivity index (χ3n) is 2.73. The highest BCUT2D eigenvalue weighted by Crippen LogP contribution is 2.14. The van der Waals surface area contributed by atoms with Gasteiger partial charge in [0.05, 0.1) is 13.0 Å². The van der Waals surface area contributed by atoms with Gasteiger partial charge in [0.2, 0.25) is 0 Å². The van der Waals surface area contributed by atoms with Gasteiger partial charge in [0.15, 0.2) is 11.4 Å². The predicted octanol–water partition coefficient (Wildman–Crippen LogP) is 2.55. The molecule has 0 amide bonds. The molecule has 1 atom stereocenters. The Hall–Kier alpha value is -0.390. The van der Waals surface area contributed by atoms with Crippen LogP contribution < -0.4 is 0 Å². The Morgan fingerprint density at radius 1 is 1.39 bits per heavy atom. The molecule has 1 heterocycles. The lowest BCUT2D eigenvalue weighted by Crippen LogP contribution is -2.22. The molecule has 1 saturated heterocycles. The zero-order chi connectivity index (χ0) is 13.2. The Kier molecular flexibility index (Phi) is 8.29. The average molecular weight is 274 g/mol. The maximum atomic E-state index is 11.4. The van der Waals surface area contributed by atoms with Crippen molar-refractivity contribution in [2.24, 2.45) is 0 Å². The molecular formula is C13H22O4S. The van der Waals surface area contributed by atoms with Gasteiger partial charge in [-0.1, -0.05) is 18.7 Å². The maximum Gasteiger partial charge on any atom is 0.196 e. The normalized spacial score (nSPS) is 19.7. The molecule has 1 aliphatic heterocycles. The molecule has 0 bridgehead atoms. The molecule has 18 heavy (non-hydrogen) atoms. The van der Waals surface area contributed by atoms with Crippen LogP contribution in [0.5, 0.6) is 0 Å². The summed E-state index contributed by atoms with van der Waals surface area (Å²) in [6, 6.07) is 0. The summed E-state index contributed by atoms with van der Waals surface area (Å²) in [6.45, 7) is 3.18. The molecule has 1 unspecified atom stereocenters. The van der Waals surface area contributed by atoms with Crippen molar-refractivity contribution in [1.29, 1.82) is 0 Å². The summed E-state index contributed by atoms with van der Waals surface area (Å²) >= 11 is 1.23. The molecule has 0 radical (unpaired) electrons. The predicted molar refractivity (Wildman–Crippen MR) is 71.5 cm³/mol. The molecule has 1 fully saturated rings. The summed E-state index contributed by atoms with van der Waals surface area (Å²) in [7, 11) is 0. The van der Waals surface area contributed by atoms with Crippen molar-refractivity contribution < 1.29 is 19.1 Å². The highest BCUT2D eigenvalue weighted by atomic mass is 32.2. The van der Waals surface area contributed by atoms with E-state index in [4.69, 9.17) is 9.47 Å². The van der Waals surface area contributed by atoms with Crippen LogP contribution in [0.25, 0.3) is 0 Å². The van der Waals surface area contributed by atoms with Crippen LogP contribution in [0.15, 0.2) is 0 Å². The number of carbonyl (C=O) groups excluding carboxylic acids is 2. The van der Waals surface area contributed by atoms with Crippen LogP contribution in [0.2, 0.25) is 0 Å². The van der Waals surface area contributed by atoms with Gasteiger partial charge in [-0.05, 0) is 25.7 Å². The second kappa shape index (κ2) is 9.53. The van der Waals surface area contributed by atoms with E-state index in [-0.39, 0.29) is 23.6 Å². The fourth-order valence-corrected chi connectivity index (χ4v) is 2.39. The molecule has 104 valence electrons. The van der Waals surface area contributed by atoms with E-state index >= 15 is 0 Å². The Morgan fingerprint density at radius 2 is 2.22 bits per heavy atom. The van der Waals surface area contributed by atoms with E-state index in [1.165, 1.54) is 11.8 Å². The summed E-state index contributed by atoms with van der Waals surface area (Å²) in [4.78, 5) is 22.4. The van der Waals surface area contributed by atoms with Crippen LogP contribution in [0.1, 0.15) is 45.4 Å². The molecule has 1 aliphatic rings. The van der Waals surface area contributed by atoms with Gasteiger partial charge in [0.25, 0.3) is 0 Å². The average Bonchev–Trinajstić information content (AvgIpc) is 2.39. The maximum absolute atomic E-state index is 11.4. The highest BCUT2D eigenvalue weighted by molar-refractivity contribution is 8.13. The van der Waals surface area contributed by atoms with Crippen LogP contribution in [-0.4, -0.2) is 36.2 Å². The number of rotatable bonds is 8. The summed E-state index contributed by atoms with van der Waals surface area (Å²) in [6.07, 6.45) is 4.52. The second-order valence-electron chi connectivity index (χ2n) is 4.31. The van der Waals surface area contributed by atoms with Crippen LogP contribution in [-0.2, 0) is 19.1 Å². The third-order valence-corrected chi connectivity index (χ3v) is 3.69. The van der Waals surface area contributed by atoms with E-state index in [1.54, 1.807) is 6.92 Å². The van der Waals surface area contributed by atoms with E-state index in [0.717, 1.165) is 32.3 Å². The lowest BCUT2D eigenvalue weighted by atomic mass is 10.2. The van der Waals surface area contributed by atoms with Crippen molar-refractivity contribution >= 4 is 22.7 Å². The van der Waals surface area contributed by atoms with E-state index in [2.05, 4.69) is 0 Å². The van der Waals surface area contributed by atoms with Crippen molar-refractivity contribution in [2.45, 2.75) is 51.7 Å². The first-order valence-electron chi connectivity index (χ1n) is 6.63. The van der Waals surface area contributed by atoms with Crippen LogP contribution in [0, 0.1) is 0 Å². The fourth-order valence-electron chi connectivity index (χ4n) is 1.64. The molecule has 0 saturated carbocycles. The molecule has 0 aromatic heterocycles. The Morgan fingerprint density at radius 3 is 2.89 bits per heavy atom. The Balaban J connectivity index is 1.94. The molecule has 1 rings (SSSR count). The van der Waals surface area contributed by atoms with Gasteiger partial charge < -0.3 is 9.47 Å². The fraction of sp³-hybridized carbons (Fsp3) is 0.846. The standard InChI is InChI=1S/C13H22O4S/c1-2-11(14)10-12(15)18-9-5-8-17-13-6-3-4-7-16-13/h13H,2-10H2,1H3. The molecule has 0 aromatic carbocycles. The minimum Gasteiger partial charge on any atom is -0.353 e. The summed E-state index contributed by atoms with van der Waals surface area (Å²) in [5.74, 6) is 0.724. The van der Waals surface area contributed by atoms with Gasteiger partial charge in [0, 0.05) is 18.8 Å². The zero-order valence-electron chi connectivity index (χ0n) is 11.0. The number of hydrogen-bond donors (Lipinski definition) is 0. The number of ketones is 1. The Bertz CT molecular complexity index is 262. The number of hydrogen-bond acceptors (Lipinski definition) is 5. The number of thioether (sulfide) groups is 1. The number of carbonyl (C=O) groups is 2. The number of Topliss-reactive ketones (excluding diaryl/α,β-unsaturated/α-hetero) is 1. The van der Waals surface area contributed by atoms with Crippen molar-refractivity contribution in [1.82, 2.24) is 0 Å². The van der Waals surface area contributed by atoms with Crippen molar-refractivity contribution in [2.75, 3.05) is 19.0 Å². The van der Waals surface area contributed by atoms with Crippen LogP contribution in [0.4, 0.5) is 0 Å². The Labute approximate surface area is 113 Å². The minimum absolute atomic E-state index is 0.0133. The van der Waals surface area contributed by atoms with Gasteiger partial charge in [-0.15, -0.1) is 0 Å². The molecule has 5 heteroatoms. The zero-order valence-corrected chi connectivity index (χ0v) is 11.8. The van der Waals surface area contributed by atoms with Crippen molar-refractivity contribution in [3.63, 3.8) is 0 Å². The van der Waals surface area contributed by atoms with Crippen molar-refractivity contribution in [3.05, 3.63) is 0 Å². The smallest absolute Gasteiger partial charge is 0.196 e. The van der Waals surface area contributed by atoms with Gasteiger partial charge >= 0.3 is 0 Å². The van der Waals surface area contributed by atoms with E-state index in [0.29, 0.717) is 18.8 Å².